The van der Waals surface area contributed by atoms with Crippen LogP contribution in [0.1, 0.15) is 13.3 Å². The van der Waals surface area contributed by atoms with Gasteiger partial charge in [0.05, 0.1) is 12.0 Å². The summed E-state index contributed by atoms with van der Waals surface area (Å²) in [5, 5.41) is 15.3. The van der Waals surface area contributed by atoms with Gasteiger partial charge in [0.2, 0.25) is 0 Å². The number of halogens is 4. The second-order valence-corrected chi connectivity index (χ2v) is 5.25. The minimum Gasteiger partial charge on any atom is -0.481 e. The van der Waals surface area contributed by atoms with Crippen molar-refractivity contribution in [3.05, 3.63) is 0 Å². The van der Waals surface area contributed by atoms with E-state index in [1.54, 1.807) is 0 Å². The largest absolute Gasteiger partial charge is 0.481 e. The fourth-order valence-corrected chi connectivity index (χ4v) is 1.34. The third-order valence-electron chi connectivity index (χ3n) is 0.651. The van der Waals surface area contributed by atoms with Gasteiger partial charge in [-0.25, -0.2) is 0 Å². The van der Waals surface area contributed by atoms with Gasteiger partial charge >= 0.3 is 0 Å². The highest BCUT2D eigenvalue weighted by Gasteiger charge is 2.23. The standard InChI is InChI=1S/C4H6Cl4O.C2H4O2/c5-3(2-9)1-4(6,7)8;1-2(3)4/h3,9H,1-2H2;1H3,(H,3,4). The number of carbonyl (C=O) groups is 1. The van der Waals surface area contributed by atoms with E-state index in [9.17, 15) is 0 Å². The Kier molecular flexibility index (Phi) is 9.80. The Labute approximate surface area is 96.5 Å². The first-order valence-corrected chi connectivity index (χ1v) is 4.77. The van der Waals surface area contributed by atoms with Gasteiger partial charge in [-0.15, -0.1) is 11.6 Å². The van der Waals surface area contributed by atoms with Crippen LogP contribution in [0.3, 0.4) is 0 Å². The minimum absolute atomic E-state index is 0.162. The highest BCUT2D eigenvalue weighted by Crippen LogP contribution is 2.32. The lowest BCUT2D eigenvalue weighted by Crippen LogP contribution is -2.14. The van der Waals surface area contributed by atoms with E-state index in [-0.39, 0.29) is 13.0 Å². The van der Waals surface area contributed by atoms with Crippen LogP contribution in [0.15, 0.2) is 0 Å². The predicted octanol–water partition coefficient (Wildman–Crippen LogP) is 2.44. The Morgan fingerprint density at radius 2 is 1.77 bits per heavy atom. The molecule has 7 heteroatoms. The van der Waals surface area contributed by atoms with Crippen molar-refractivity contribution in [2.24, 2.45) is 0 Å². The molecule has 3 nitrogen and oxygen atoms in total. The lowest BCUT2D eigenvalue weighted by molar-refractivity contribution is -0.134. The smallest absolute Gasteiger partial charge is 0.300 e. The zero-order valence-corrected chi connectivity index (χ0v) is 9.83. The molecule has 80 valence electrons. The SMILES string of the molecule is CC(=O)O.OCC(Cl)CC(Cl)(Cl)Cl. The fraction of sp³-hybridized carbons (Fsp3) is 0.833. The Bertz CT molecular complexity index is 141. The van der Waals surface area contributed by atoms with Gasteiger partial charge in [0.1, 0.15) is 0 Å². The number of aliphatic hydroxyl groups excluding tert-OH is 1. The number of carboxylic acid groups (broad SMARTS) is 1. The normalized spacial score (nSPS) is 12.8. The lowest BCUT2D eigenvalue weighted by atomic mass is 10.3. The molecular weight excluding hydrogens is 262 g/mol. The lowest BCUT2D eigenvalue weighted by Gasteiger charge is -2.12. The molecule has 1 unspecified atom stereocenters. The Hall–Kier alpha value is 0.590. The summed E-state index contributed by atoms with van der Waals surface area (Å²) in [5.41, 5.74) is 0. The molecule has 0 saturated heterocycles. The summed E-state index contributed by atoms with van der Waals surface area (Å²) in [5.74, 6) is -0.833. The summed E-state index contributed by atoms with van der Waals surface area (Å²) >= 11 is 21.5. The van der Waals surface area contributed by atoms with Crippen LogP contribution in [0.4, 0.5) is 0 Å². The fourth-order valence-electron chi connectivity index (χ4n) is 0.316. The molecule has 0 saturated carbocycles. The van der Waals surface area contributed by atoms with Crippen molar-refractivity contribution in [1.82, 2.24) is 0 Å². The molecule has 0 fully saturated rings. The van der Waals surface area contributed by atoms with Gasteiger partial charge < -0.3 is 10.2 Å². The first-order valence-electron chi connectivity index (χ1n) is 3.20. The number of hydrogen-bond acceptors (Lipinski definition) is 2. The summed E-state index contributed by atoms with van der Waals surface area (Å²) in [6.07, 6.45) is 0.162. The van der Waals surface area contributed by atoms with Crippen LogP contribution in [-0.2, 0) is 4.79 Å². The van der Waals surface area contributed by atoms with E-state index in [1.807, 2.05) is 0 Å². The number of aliphatic carboxylic acids is 1. The third-order valence-corrected chi connectivity index (χ3v) is 1.41. The number of alkyl halides is 4. The minimum atomic E-state index is -1.35. The average molecular weight is 272 g/mol. The van der Waals surface area contributed by atoms with Crippen LogP contribution in [0.5, 0.6) is 0 Å². The second-order valence-electron chi connectivity index (χ2n) is 2.12. The van der Waals surface area contributed by atoms with Crippen molar-refractivity contribution < 1.29 is 15.0 Å². The zero-order valence-electron chi connectivity index (χ0n) is 6.81. The number of aliphatic hydroxyl groups is 1. The number of rotatable bonds is 2. The highest BCUT2D eigenvalue weighted by molar-refractivity contribution is 6.67. The van der Waals surface area contributed by atoms with E-state index in [2.05, 4.69) is 0 Å². The van der Waals surface area contributed by atoms with Crippen LogP contribution >= 0.6 is 46.4 Å². The van der Waals surface area contributed by atoms with Gasteiger partial charge in [0.25, 0.3) is 5.97 Å². The van der Waals surface area contributed by atoms with E-state index in [0.717, 1.165) is 6.92 Å². The monoisotopic (exact) mass is 270 g/mol. The van der Waals surface area contributed by atoms with Gasteiger partial charge in [-0.05, 0) is 0 Å². The molecule has 0 aliphatic carbocycles. The van der Waals surface area contributed by atoms with Crippen molar-refractivity contribution in [2.45, 2.75) is 22.5 Å². The Morgan fingerprint density at radius 1 is 1.46 bits per heavy atom. The van der Waals surface area contributed by atoms with Crippen LogP contribution < -0.4 is 0 Å². The topological polar surface area (TPSA) is 57.5 Å². The van der Waals surface area contributed by atoms with E-state index in [4.69, 9.17) is 61.4 Å². The zero-order chi connectivity index (χ0) is 11.1. The van der Waals surface area contributed by atoms with Crippen molar-refractivity contribution in [1.29, 1.82) is 0 Å². The molecular formula is C6H10Cl4O3. The van der Waals surface area contributed by atoms with Crippen LogP contribution in [0.2, 0.25) is 0 Å². The number of hydrogen-bond donors (Lipinski definition) is 2. The summed E-state index contributed by atoms with van der Waals surface area (Å²) < 4.78 is -1.35. The molecule has 0 spiro atoms. The maximum Gasteiger partial charge on any atom is 0.300 e. The van der Waals surface area contributed by atoms with E-state index < -0.39 is 15.1 Å². The molecule has 0 aliphatic rings. The molecule has 0 aromatic rings. The molecule has 0 aliphatic heterocycles. The van der Waals surface area contributed by atoms with Crippen molar-refractivity contribution in [3.63, 3.8) is 0 Å². The molecule has 0 rings (SSSR count). The van der Waals surface area contributed by atoms with E-state index >= 15 is 0 Å². The van der Waals surface area contributed by atoms with Gasteiger partial charge in [-0.3, -0.25) is 4.79 Å². The molecule has 0 radical (unpaired) electrons. The first kappa shape index (κ1) is 16.0. The summed E-state index contributed by atoms with van der Waals surface area (Å²) in [6, 6.07) is 0. The van der Waals surface area contributed by atoms with Crippen LogP contribution in [0, 0.1) is 0 Å². The molecule has 0 heterocycles. The van der Waals surface area contributed by atoms with Gasteiger partial charge in [-0.2, -0.15) is 0 Å². The summed E-state index contributed by atoms with van der Waals surface area (Å²) in [7, 11) is 0. The third kappa shape index (κ3) is 24.5. The van der Waals surface area contributed by atoms with E-state index in [1.165, 1.54) is 0 Å². The maximum absolute atomic E-state index is 9.00. The highest BCUT2D eigenvalue weighted by atomic mass is 35.6. The predicted molar refractivity (Wildman–Crippen MR) is 54.9 cm³/mol. The summed E-state index contributed by atoms with van der Waals surface area (Å²) in [4.78, 5) is 9.00. The molecule has 1 atom stereocenters. The maximum atomic E-state index is 9.00. The van der Waals surface area contributed by atoms with Gasteiger partial charge in [-0.1, -0.05) is 34.8 Å². The molecule has 0 aromatic carbocycles. The molecule has 0 aromatic heterocycles. The molecule has 13 heavy (non-hydrogen) atoms. The van der Waals surface area contributed by atoms with Gasteiger partial charge in [0.15, 0.2) is 3.79 Å². The van der Waals surface area contributed by atoms with E-state index in [0.29, 0.717) is 0 Å². The van der Waals surface area contributed by atoms with Gasteiger partial charge in [0, 0.05) is 13.3 Å². The average Bonchev–Trinajstić information content (AvgIpc) is 1.82. The molecule has 2 N–H and O–H groups in total. The van der Waals surface area contributed by atoms with Crippen LogP contribution in [0.25, 0.3) is 0 Å². The first-order chi connectivity index (χ1) is 5.69. The Balaban J connectivity index is 0. The van der Waals surface area contributed by atoms with Crippen LogP contribution in [-0.4, -0.2) is 32.0 Å². The van der Waals surface area contributed by atoms with Crippen molar-refractivity contribution in [3.8, 4) is 0 Å². The molecule has 0 amide bonds. The molecule has 0 bridgehead atoms. The van der Waals surface area contributed by atoms with Crippen molar-refractivity contribution in [2.75, 3.05) is 6.61 Å². The quantitative estimate of drug-likeness (QED) is 0.759. The summed E-state index contributed by atoms with van der Waals surface area (Å²) in [6.45, 7) is 0.912. The Morgan fingerprint density at radius 3 is 1.85 bits per heavy atom. The second kappa shape index (κ2) is 7.94. The van der Waals surface area contributed by atoms with Crippen molar-refractivity contribution >= 4 is 52.4 Å². The number of carboxylic acids is 1.